The lowest BCUT2D eigenvalue weighted by atomic mass is 10.0. The number of carbonyl (C=O) groups excluding carboxylic acids is 3. The van der Waals surface area contributed by atoms with Crippen molar-refractivity contribution in [3.8, 4) is 0 Å². The van der Waals surface area contributed by atoms with E-state index in [0.29, 0.717) is 16.2 Å². The van der Waals surface area contributed by atoms with E-state index in [4.69, 9.17) is 11.4 Å². The molecule has 0 atom stereocenters. The van der Waals surface area contributed by atoms with E-state index >= 15 is 0 Å². The zero-order valence-electron chi connectivity index (χ0n) is 23.9. The SMILES string of the molecule is Cc1ccc(C(=O)[O][Al]([O]C(=O)c2ccc(C)c3ccccc23)[O]C(=O)c2ccc(C)c3ccccc23)c2ccccc12. The van der Waals surface area contributed by atoms with Crippen LogP contribution in [-0.4, -0.2) is 33.1 Å². The van der Waals surface area contributed by atoms with E-state index in [9.17, 15) is 14.4 Å². The van der Waals surface area contributed by atoms with Crippen LogP contribution in [0.1, 0.15) is 47.8 Å². The zero-order valence-corrected chi connectivity index (χ0v) is 25.1. The first-order chi connectivity index (χ1) is 20.8. The van der Waals surface area contributed by atoms with Crippen molar-refractivity contribution in [2.75, 3.05) is 0 Å². The van der Waals surface area contributed by atoms with Crippen LogP contribution in [0.15, 0.2) is 109 Å². The lowest BCUT2D eigenvalue weighted by Gasteiger charge is -2.16. The van der Waals surface area contributed by atoms with Gasteiger partial charge in [0.15, 0.2) is 0 Å². The summed E-state index contributed by atoms with van der Waals surface area (Å²) in [7, 11) is 0. The van der Waals surface area contributed by atoms with E-state index in [1.54, 1.807) is 18.2 Å². The van der Waals surface area contributed by atoms with Gasteiger partial charge in [0, 0.05) is 0 Å². The molecule has 0 saturated heterocycles. The molecule has 0 heterocycles. The molecule has 0 N–H and O–H groups in total. The predicted octanol–water partition coefficient (Wildman–Crippen LogP) is 7.93. The molecule has 210 valence electrons. The summed E-state index contributed by atoms with van der Waals surface area (Å²) in [5, 5.41) is 4.73. The van der Waals surface area contributed by atoms with Gasteiger partial charge in [0.2, 0.25) is 0 Å². The largest absolute Gasteiger partial charge is 1.20 e. The second kappa shape index (κ2) is 11.7. The molecule has 0 bridgehead atoms. The first-order valence-corrected chi connectivity index (χ1v) is 15.3. The molecule has 7 heteroatoms. The van der Waals surface area contributed by atoms with Gasteiger partial charge in [-0.05, 0) is 88.0 Å². The Kier molecular flexibility index (Phi) is 7.69. The van der Waals surface area contributed by atoms with Gasteiger partial charge in [0.1, 0.15) is 0 Å². The standard InChI is InChI=1S/3C12H10O2.Al/c3*1-8-6-7-11(12(13)14)10-5-3-2-4-9(8)10;/h3*2-7H,1H3,(H,13,14);/q;;;+3/p-3. The fourth-order valence-corrected chi connectivity index (χ4v) is 6.46. The lowest BCUT2D eigenvalue weighted by Crippen LogP contribution is -2.35. The summed E-state index contributed by atoms with van der Waals surface area (Å²) in [5.74, 6) is -2.22. The van der Waals surface area contributed by atoms with E-state index in [1.165, 1.54) is 0 Å². The monoisotopic (exact) mass is 582 g/mol. The van der Waals surface area contributed by atoms with Crippen LogP contribution >= 0.6 is 0 Å². The highest BCUT2D eigenvalue weighted by molar-refractivity contribution is 6.46. The van der Waals surface area contributed by atoms with Crippen LogP contribution in [0.3, 0.4) is 0 Å². The molecule has 0 aliphatic carbocycles. The maximum absolute atomic E-state index is 13.6. The van der Waals surface area contributed by atoms with E-state index in [-0.39, 0.29) is 16.7 Å². The molecule has 6 aromatic carbocycles. The summed E-state index contributed by atoms with van der Waals surface area (Å²) < 4.78 is 17.3. The maximum Gasteiger partial charge on any atom is 1.20 e. The van der Waals surface area contributed by atoms with Crippen LogP contribution in [0.4, 0.5) is 0 Å². The number of hydrogen-bond acceptors (Lipinski definition) is 6. The highest BCUT2D eigenvalue weighted by atomic mass is 27.3. The molecule has 0 aromatic heterocycles. The molecular formula is C36H27AlO6. The Balaban J connectivity index is 1.36. The minimum Gasteiger partial charge on any atom is -0.547 e. The van der Waals surface area contributed by atoms with Crippen LogP contribution in [0.25, 0.3) is 32.3 Å². The van der Waals surface area contributed by atoms with Crippen LogP contribution in [0, 0.1) is 20.8 Å². The zero-order chi connectivity index (χ0) is 30.1. The number of rotatable bonds is 6. The van der Waals surface area contributed by atoms with Gasteiger partial charge in [-0.2, -0.15) is 0 Å². The highest BCUT2D eigenvalue weighted by Gasteiger charge is 2.50. The molecule has 6 rings (SSSR count). The van der Waals surface area contributed by atoms with Crippen molar-refractivity contribution in [1.82, 2.24) is 0 Å². The van der Waals surface area contributed by atoms with Gasteiger partial charge in [-0.3, -0.25) is 0 Å². The highest BCUT2D eigenvalue weighted by Crippen LogP contribution is 2.27. The summed E-state index contributed by atoms with van der Waals surface area (Å²) in [6.07, 6.45) is 0. The van der Waals surface area contributed by atoms with E-state index in [1.807, 2.05) is 112 Å². The summed E-state index contributed by atoms with van der Waals surface area (Å²) >= 11 is -3.74. The second-order valence-corrected chi connectivity index (χ2v) is 11.7. The van der Waals surface area contributed by atoms with Gasteiger partial charge in [-0.15, -0.1) is 0 Å². The van der Waals surface area contributed by atoms with Gasteiger partial charge < -0.3 is 11.4 Å². The predicted molar refractivity (Wildman–Crippen MR) is 168 cm³/mol. The molecule has 0 saturated carbocycles. The molecule has 0 aliphatic heterocycles. The number of fused-ring (bicyclic) bond motifs is 3. The van der Waals surface area contributed by atoms with Gasteiger partial charge in [-0.1, -0.05) is 91.0 Å². The molecular weight excluding hydrogens is 555 g/mol. The molecule has 6 aromatic rings. The average Bonchev–Trinajstić information content (AvgIpc) is 3.02. The first-order valence-electron chi connectivity index (χ1n) is 13.9. The fraction of sp³-hybridized carbons (Fsp3) is 0.0833. The molecule has 0 unspecified atom stereocenters. The van der Waals surface area contributed by atoms with Crippen LogP contribution in [0.2, 0.25) is 0 Å². The van der Waals surface area contributed by atoms with E-state index in [0.717, 1.165) is 32.8 Å². The Morgan fingerprint density at radius 2 is 0.651 bits per heavy atom. The number of carbonyl (C=O) groups is 3. The van der Waals surface area contributed by atoms with Crippen molar-refractivity contribution in [3.05, 3.63) is 143 Å². The van der Waals surface area contributed by atoms with Crippen molar-refractivity contribution < 1.29 is 25.7 Å². The quantitative estimate of drug-likeness (QED) is 0.186. The summed E-state index contributed by atoms with van der Waals surface area (Å²) in [6.45, 7) is 5.86. The molecule has 0 fully saturated rings. The van der Waals surface area contributed by atoms with Gasteiger partial charge in [-0.25, -0.2) is 14.4 Å². The minimum absolute atomic E-state index is 0.285. The molecule has 6 nitrogen and oxygen atoms in total. The third-order valence-electron chi connectivity index (χ3n) is 7.70. The Morgan fingerprint density at radius 1 is 0.395 bits per heavy atom. The van der Waals surface area contributed by atoms with E-state index in [2.05, 4.69) is 0 Å². The molecule has 0 spiro atoms. The summed E-state index contributed by atoms with van der Waals surface area (Å²) in [4.78, 5) is 40.7. The molecule has 43 heavy (non-hydrogen) atoms. The van der Waals surface area contributed by atoms with Crippen molar-refractivity contribution in [1.29, 1.82) is 0 Å². The van der Waals surface area contributed by atoms with E-state index < -0.39 is 33.1 Å². The Hall–Kier alpha value is -4.96. The minimum atomic E-state index is -3.74. The van der Waals surface area contributed by atoms with Crippen molar-refractivity contribution in [3.63, 3.8) is 0 Å². The second-order valence-electron chi connectivity index (χ2n) is 10.4. The van der Waals surface area contributed by atoms with Gasteiger partial charge in [0.05, 0.1) is 16.7 Å². The van der Waals surface area contributed by atoms with Crippen LogP contribution < -0.4 is 0 Å². The van der Waals surface area contributed by atoms with Crippen LogP contribution in [0.5, 0.6) is 0 Å². The summed E-state index contributed by atoms with van der Waals surface area (Å²) in [5.41, 5.74) is 3.84. The summed E-state index contributed by atoms with van der Waals surface area (Å²) in [6, 6.07) is 32.9. The maximum atomic E-state index is 13.6. The third kappa shape index (κ3) is 5.49. The number of benzene rings is 6. The van der Waals surface area contributed by atoms with Gasteiger partial charge in [0.25, 0.3) is 0 Å². The smallest absolute Gasteiger partial charge is 0.547 e. The molecule has 0 aliphatic rings. The Bertz CT molecular complexity index is 1830. The fourth-order valence-electron chi connectivity index (χ4n) is 5.41. The molecule has 0 radical (unpaired) electrons. The van der Waals surface area contributed by atoms with Gasteiger partial charge >= 0.3 is 33.1 Å². The number of hydrogen-bond donors (Lipinski definition) is 0. The average molecular weight is 583 g/mol. The lowest BCUT2D eigenvalue weighted by molar-refractivity contribution is 0.0413. The van der Waals surface area contributed by atoms with Crippen molar-refractivity contribution in [2.45, 2.75) is 20.8 Å². The van der Waals surface area contributed by atoms with Crippen molar-refractivity contribution in [2.24, 2.45) is 0 Å². The van der Waals surface area contributed by atoms with Crippen LogP contribution in [-0.2, 0) is 11.4 Å². The Labute approximate surface area is 253 Å². The van der Waals surface area contributed by atoms with Crippen molar-refractivity contribution >= 4 is 65.4 Å². The normalized spacial score (nSPS) is 11.0. The Morgan fingerprint density at radius 3 is 0.930 bits per heavy atom. The molecule has 0 amide bonds. The topological polar surface area (TPSA) is 78.9 Å². The first kappa shape index (κ1) is 28.2. The third-order valence-corrected chi connectivity index (χ3v) is 8.92. The number of aryl methyl sites for hydroxylation is 3.